The lowest BCUT2D eigenvalue weighted by atomic mass is 9.98. The largest absolute Gasteiger partial charge is 0.437 e. The normalized spacial score (nSPS) is 11.6. The molecule has 0 saturated carbocycles. The molecule has 5 heteroatoms. The van der Waals surface area contributed by atoms with Crippen molar-refractivity contribution in [2.24, 2.45) is 0 Å². The summed E-state index contributed by atoms with van der Waals surface area (Å²) in [6.07, 6.45) is 0. The third-order valence-electron chi connectivity index (χ3n) is 8.32. The van der Waals surface area contributed by atoms with Gasteiger partial charge in [0.1, 0.15) is 5.58 Å². The van der Waals surface area contributed by atoms with Gasteiger partial charge in [-0.2, -0.15) is 0 Å². The van der Waals surface area contributed by atoms with Gasteiger partial charge >= 0.3 is 0 Å². The molecule has 45 heavy (non-hydrogen) atoms. The Morgan fingerprint density at radius 2 is 1.02 bits per heavy atom. The molecule has 0 saturated heterocycles. The van der Waals surface area contributed by atoms with Crippen LogP contribution in [0.3, 0.4) is 0 Å². The van der Waals surface area contributed by atoms with Gasteiger partial charge in [-0.05, 0) is 46.7 Å². The van der Waals surface area contributed by atoms with Gasteiger partial charge in [0.25, 0.3) is 0 Å². The average Bonchev–Trinajstić information content (AvgIpc) is 3.49. The minimum absolute atomic E-state index is 0.576. The highest BCUT2D eigenvalue weighted by Gasteiger charge is 2.21. The summed E-state index contributed by atoms with van der Waals surface area (Å²) < 4.78 is 6.60. The van der Waals surface area contributed by atoms with Crippen LogP contribution in [0.15, 0.2) is 150 Å². The van der Waals surface area contributed by atoms with E-state index < -0.39 is 0 Å². The molecule has 0 atom stereocenters. The Hall–Kier alpha value is -6.20. The Morgan fingerprint density at radius 1 is 0.400 bits per heavy atom. The third-order valence-corrected chi connectivity index (χ3v) is 8.32. The van der Waals surface area contributed by atoms with Crippen LogP contribution in [0.1, 0.15) is 0 Å². The smallest absolute Gasteiger partial charge is 0.227 e. The second kappa shape index (κ2) is 10.2. The summed E-state index contributed by atoms with van der Waals surface area (Å²) in [5.41, 5.74) is 6.99. The maximum absolute atomic E-state index is 6.60. The van der Waals surface area contributed by atoms with E-state index in [1.165, 1.54) is 5.39 Å². The van der Waals surface area contributed by atoms with Crippen molar-refractivity contribution in [2.75, 3.05) is 0 Å². The summed E-state index contributed by atoms with van der Waals surface area (Å²) in [7, 11) is 0. The molecule has 210 valence electrons. The van der Waals surface area contributed by atoms with Crippen LogP contribution in [-0.2, 0) is 0 Å². The Labute approximate surface area is 258 Å². The van der Waals surface area contributed by atoms with E-state index in [9.17, 15) is 0 Å². The number of benzene rings is 6. The maximum atomic E-state index is 6.60. The zero-order valence-corrected chi connectivity index (χ0v) is 24.1. The van der Waals surface area contributed by atoms with Crippen LogP contribution in [0, 0.1) is 0 Å². The summed E-state index contributed by atoms with van der Waals surface area (Å²) in [5, 5.41) is 5.19. The quantitative estimate of drug-likeness (QED) is 0.209. The molecule has 0 bridgehead atoms. The van der Waals surface area contributed by atoms with Crippen molar-refractivity contribution in [3.8, 4) is 45.3 Å². The molecule has 9 rings (SSSR count). The second-order valence-corrected chi connectivity index (χ2v) is 11.1. The molecular formula is C40H24N4O. The fraction of sp³-hybridized carbons (Fsp3) is 0. The Kier molecular flexibility index (Phi) is 5.74. The number of fused-ring (bicyclic) bond motifs is 5. The van der Waals surface area contributed by atoms with Crippen LogP contribution in [-0.4, -0.2) is 19.9 Å². The summed E-state index contributed by atoms with van der Waals surface area (Å²) in [5.74, 6) is 1.80. The minimum Gasteiger partial charge on any atom is -0.437 e. The van der Waals surface area contributed by atoms with Crippen molar-refractivity contribution in [1.82, 2.24) is 19.9 Å². The summed E-state index contributed by atoms with van der Waals surface area (Å²) in [6, 6.07) is 49.5. The highest BCUT2D eigenvalue weighted by molar-refractivity contribution is 6.16. The van der Waals surface area contributed by atoms with E-state index in [0.717, 1.165) is 60.5 Å². The number of aromatic nitrogens is 4. The van der Waals surface area contributed by atoms with Gasteiger partial charge in [0.15, 0.2) is 17.5 Å². The number of furan rings is 1. The topological polar surface area (TPSA) is 64.7 Å². The second-order valence-electron chi connectivity index (χ2n) is 11.1. The number of pyridine rings is 1. The SMILES string of the molecule is c1ccc(-c2nc(-c3ccc4ccccc4c3)nc(-c3ccc(-c4ccccc4)c4oc5nc6ccccc6cc5c34)n2)cc1. The summed E-state index contributed by atoms with van der Waals surface area (Å²) in [6.45, 7) is 0. The van der Waals surface area contributed by atoms with E-state index in [1.54, 1.807) is 0 Å². The van der Waals surface area contributed by atoms with Crippen molar-refractivity contribution in [1.29, 1.82) is 0 Å². The Bertz CT molecular complexity index is 2540. The number of para-hydroxylation sites is 1. The zero-order valence-electron chi connectivity index (χ0n) is 24.1. The molecule has 0 N–H and O–H groups in total. The van der Waals surface area contributed by atoms with Crippen LogP contribution < -0.4 is 0 Å². The molecule has 0 aliphatic carbocycles. The number of nitrogens with zero attached hydrogens (tertiary/aromatic N) is 4. The Balaban J connectivity index is 1.35. The Morgan fingerprint density at radius 3 is 1.82 bits per heavy atom. The predicted molar refractivity (Wildman–Crippen MR) is 182 cm³/mol. The zero-order chi connectivity index (χ0) is 29.7. The third kappa shape index (κ3) is 4.33. The predicted octanol–water partition coefficient (Wildman–Crippen LogP) is 10.1. The molecule has 0 aliphatic heterocycles. The van der Waals surface area contributed by atoms with Gasteiger partial charge in [-0.15, -0.1) is 0 Å². The monoisotopic (exact) mass is 576 g/mol. The molecule has 9 aromatic rings. The van der Waals surface area contributed by atoms with Gasteiger partial charge < -0.3 is 4.42 Å². The lowest BCUT2D eigenvalue weighted by molar-refractivity contribution is 0.657. The van der Waals surface area contributed by atoms with Gasteiger partial charge in [-0.25, -0.2) is 19.9 Å². The first-order valence-electron chi connectivity index (χ1n) is 14.9. The van der Waals surface area contributed by atoms with Gasteiger partial charge in [0.05, 0.1) is 5.52 Å². The molecule has 0 fully saturated rings. The van der Waals surface area contributed by atoms with Crippen LogP contribution in [0.5, 0.6) is 0 Å². The first kappa shape index (κ1) is 25.3. The van der Waals surface area contributed by atoms with Crippen LogP contribution in [0.4, 0.5) is 0 Å². The highest BCUT2D eigenvalue weighted by atomic mass is 16.3. The fourth-order valence-corrected chi connectivity index (χ4v) is 6.11. The van der Waals surface area contributed by atoms with E-state index in [4.69, 9.17) is 24.4 Å². The van der Waals surface area contributed by atoms with E-state index in [0.29, 0.717) is 23.2 Å². The minimum atomic E-state index is 0.576. The molecule has 6 aromatic carbocycles. The molecule has 0 amide bonds. The highest BCUT2D eigenvalue weighted by Crippen LogP contribution is 2.42. The summed E-state index contributed by atoms with van der Waals surface area (Å²) in [4.78, 5) is 20.1. The van der Waals surface area contributed by atoms with Gasteiger partial charge in [0.2, 0.25) is 5.71 Å². The molecule has 0 radical (unpaired) electrons. The molecule has 3 aromatic heterocycles. The number of hydrogen-bond donors (Lipinski definition) is 0. The van der Waals surface area contributed by atoms with Gasteiger partial charge in [-0.3, -0.25) is 0 Å². The summed E-state index contributed by atoms with van der Waals surface area (Å²) >= 11 is 0. The van der Waals surface area contributed by atoms with E-state index in [2.05, 4.69) is 66.7 Å². The van der Waals surface area contributed by atoms with Crippen molar-refractivity contribution in [3.63, 3.8) is 0 Å². The van der Waals surface area contributed by atoms with Crippen LogP contribution >= 0.6 is 0 Å². The van der Waals surface area contributed by atoms with E-state index in [1.807, 2.05) is 78.9 Å². The first-order valence-corrected chi connectivity index (χ1v) is 14.9. The molecule has 0 aliphatic rings. The lowest BCUT2D eigenvalue weighted by Gasteiger charge is -2.11. The lowest BCUT2D eigenvalue weighted by Crippen LogP contribution is -2.00. The molecule has 0 spiro atoms. The average molecular weight is 577 g/mol. The van der Waals surface area contributed by atoms with E-state index >= 15 is 0 Å². The maximum Gasteiger partial charge on any atom is 0.227 e. The van der Waals surface area contributed by atoms with E-state index in [-0.39, 0.29) is 0 Å². The molecular weight excluding hydrogens is 552 g/mol. The molecule has 3 heterocycles. The van der Waals surface area contributed by atoms with Gasteiger partial charge in [-0.1, -0.05) is 115 Å². The van der Waals surface area contributed by atoms with Gasteiger partial charge in [0, 0.05) is 38.4 Å². The van der Waals surface area contributed by atoms with Crippen LogP contribution in [0.2, 0.25) is 0 Å². The number of rotatable bonds is 4. The fourth-order valence-electron chi connectivity index (χ4n) is 6.11. The van der Waals surface area contributed by atoms with Crippen molar-refractivity contribution >= 4 is 43.7 Å². The van der Waals surface area contributed by atoms with Crippen molar-refractivity contribution < 1.29 is 4.42 Å². The standard InChI is InChI=1S/C40H24N4O/c1-3-12-26(13-4-1)31-21-22-32(35-33-24-29-17-9-10-18-34(29)41-40(33)45-36(31)35)39-43-37(27-14-5-2-6-15-27)42-38(44-39)30-20-19-25-11-7-8-16-28(25)23-30/h1-24H. The first-order chi connectivity index (χ1) is 22.3. The molecule has 5 nitrogen and oxygen atoms in total. The van der Waals surface area contributed by atoms with Crippen molar-refractivity contribution in [2.45, 2.75) is 0 Å². The van der Waals surface area contributed by atoms with Crippen LogP contribution in [0.25, 0.3) is 89.0 Å². The molecule has 0 unspecified atom stereocenters. The number of hydrogen-bond acceptors (Lipinski definition) is 5. The van der Waals surface area contributed by atoms with Crippen molar-refractivity contribution in [3.05, 3.63) is 146 Å².